The lowest BCUT2D eigenvalue weighted by atomic mass is 10.1. The first-order valence-electron chi connectivity index (χ1n) is 8.14. The van der Waals surface area contributed by atoms with Gasteiger partial charge in [-0.1, -0.05) is 12.1 Å². The number of aromatic nitrogens is 2. The molecule has 1 aliphatic carbocycles. The third-order valence-electron chi connectivity index (χ3n) is 4.43. The fourth-order valence-corrected chi connectivity index (χ4v) is 3.20. The molecule has 0 spiro atoms. The average Bonchev–Trinajstić information content (AvgIpc) is 3.17. The van der Waals surface area contributed by atoms with Crippen LogP contribution < -0.4 is 11.3 Å². The number of oxazole rings is 1. The topological polar surface area (TPSA) is 94.3 Å². The fraction of sp³-hybridized carbons (Fsp3) is 0.278. The maximum absolute atomic E-state index is 12.2. The van der Waals surface area contributed by atoms with E-state index in [1.807, 2.05) is 0 Å². The Hall–Kier alpha value is -3.09. The minimum Gasteiger partial charge on any atom is -0.460 e. The molecule has 1 N–H and O–H groups in total. The van der Waals surface area contributed by atoms with Crippen molar-refractivity contribution in [2.45, 2.75) is 25.8 Å². The minimum atomic E-state index is -0.684. The molecule has 0 amide bonds. The summed E-state index contributed by atoms with van der Waals surface area (Å²) in [5.41, 5.74) is 2.58. The molecule has 0 unspecified atom stereocenters. The van der Waals surface area contributed by atoms with Crippen LogP contribution in [0.4, 0.5) is 0 Å². The van der Waals surface area contributed by atoms with Crippen LogP contribution >= 0.6 is 0 Å². The van der Waals surface area contributed by atoms with Gasteiger partial charge < -0.3 is 14.1 Å². The van der Waals surface area contributed by atoms with E-state index in [2.05, 4.69) is 4.98 Å². The van der Waals surface area contributed by atoms with Crippen LogP contribution in [-0.4, -0.2) is 22.1 Å². The fourth-order valence-electron chi connectivity index (χ4n) is 3.20. The molecule has 128 valence electrons. The Bertz CT molecular complexity index is 1070. The SMILES string of the molecule is O=C(OCCn1c(=O)oc2ccccc21)c1cc2c([nH]c1=O)CCC2. The van der Waals surface area contributed by atoms with Crippen molar-refractivity contribution in [2.75, 3.05) is 6.61 Å². The molecule has 7 heteroatoms. The van der Waals surface area contributed by atoms with Crippen LogP contribution in [0.5, 0.6) is 0 Å². The van der Waals surface area contributed by atoms with Crippen molar-refractivity contribution in [1.82, 2.24) is 9.55 Å². The number of carbonyl (C=O) groups excluding carboxylic acids is 1. The number of rotatable bonds is 4. The van der Waals surface area contributed by atoms with Gasteiger partial charge in [0.15, 0.2) is 5.58 Å². The van der Waals surface area contributed by atoms with Crippen LogP contribution in [0, 0.1) is 0 Å². The Morgan fingerprint density at radius 3 is 2.96 bits per heavy atom. The Morgan fingerprint density at radius 1 is 1.24 bits per heavy atom. The quantitative estimate of drug-likeness (QED) is 0.729. The van der Waals surface area contributed by atoms with Gasteiger partial charge in [-0.15, -0.1) is 0 Å². The molecule has 0 saturated carbocycles. The van der Waals surface area contributed by atoms with Gasteiger partial charge in [-0.25, -0.2) is 9.59 Å². The molecule has 0 saturated heterocycles. The highest BCUT2D eigenvalue weighted by atomic mass is 16.5. The lowest BCUT2D eigenvalue weighted by Crippen LogP contribution is -2.23. The predicted molar refractivity (Wildman–Crippen MR) is 89.8 cm³/mol. The van der Waals surface area contributed by atoms with E-state index in [1.54, 1.807) is 30.3 Å². The first-order valence-corrected chi connectivity index (χ1v) is 8.14. The first-order chi connectivity index (χ1) is 12.1. The van der Waals surface area contributed by atoms with E-state index in [4.69, 9.17) is 9.15 Å². The van der Waals surface area contributed by atoms with Crippen molar-refractivity contribution >= 4 is 17.1 Å². The monoisotopic (exact) mass is 340 g/mol. The smallest absolute Gasteiger partial charge is 0.420 e. The van der Waals surface area contributed by atoms with Crippen LogP contribution in [0.15, 0.2) is 44.3 Å². The van der Waals surface area contributed by atoms with E-state index in [-0.39, 0.29) is 18.7 Å². The van der Waals surface area contributed by atoms with Gasteiger partial charge in [-0.2, -0.15) is 0 Å². The largest absolute Gasteiger partial charge is 0.460 e. The molecule has 7 nitrogen and oxygen atoms in total. The Balaban J connectivity index is 1.48. The summed E-state index contributed by atoms with van der Waals surface area (Å²) in [5, 5.41) is 0. The van der Waals surface area contributed by atoms with Gasteiger partial charge in [0, 0.05) is 5.69 Å². The molecule has 1 aliphatic rings. The highest BCUT2D eigenvalue weighted by molar-refractivity contribution is 5.89. The van der Waals surface area contributed by atoms with Crippen LogP contribution in [0.25, 0.3) is 11.1 Å². The zero-order valence-corrected chi connectivity index (χ0v) is 13.4. The molecule has 0 radical (unpaired) electrons. The molecular weight excluding hydrogens is 324 g/mol. The highest BCUT2D eigenvalue weighted by Gasteiger charge is 2.19. The molecule has 0 aliphatic heterocycles. The Kier molecular flexibility index (Phi) is 3.76. The second-order valence-electron chi connectivity index (χ2n) is 5.99. The van der Waals surface area contributed by atoms with Crippen molar-refractivity contribution in [3.8, 4) is 0 Å². The number of fused-ring (bicyclic) bond motifs is 2. The second kappa shape index (κ2) is 6.08. The maximum Gasteiger partial charge on any atom is 0.420 e. The van der Waals surface area contributed by atoms with Crippen LogP contribution in [0.3, 0.4) is 0 Å². The summed E-state index contributed by atoms with van der Waals surface area (Å²) in [7, 11) is 0. The number of nitrogens with one attached hydrogen (secondary N) is 1. The van der Waals surface area contributed by atoms with Gasteiger partial charge in [-0.05, 0) is 43.0 Å². The second-order valence-corrected chi connectivity index (χ2v) is 5.99. The number of aromatic amines is 1. The van der Waals surface area contributed by atoms with Gasteiger partial charge in [0.1, 0.15) is 12.2 Å². The summed E-state index contributed by atoms with van der Waals surface area (Å²) in [4.78, 5) is 38.8. The van der Waals surface area contributed by atoms with E-state index in [0.717, 1.165) is 30.5 Å². The zero-order valence-electron chi connectivity index (χ0n) is 13.4. The minimum absolute atomic E-state index is 0.00467. The van der Waals surface area contributed by atoms with Crippen molar-refractivity contribution in [1.29, 1.82) is 0 Å². The van der Waals surface area contributed by atoms with Gasteiger partial charge in [0.05, 0.1) is 12.1 Å². The summed E-state index contributed by atoms with van der Waals surface area (Å²) in [6, 6.07) is 8.64. The van der Waals surface area contributed by atoms with E-state index in [0.29, 0.717) is 11.1 Å². The van der Waals surface area contributed by atoms with Gasteiger partial charge in [-0.3, -0.25) is 9.36 Å². The van der Waals surface area contributed by atoms with Gasteiger partial charge in [0.2, 0.25) is 0 Å². The summed E-state index contributed by atoms with van der Waals surface area (Å²) in [5.74, 6) is -1.19. The van der Waals surface area contributed by atoms with E-state index in [9.17, 15) is 14.4 Å². The number of ether oxygens (including phenoxy) is 1. The molecule has 2 aromatic heterocycles. The number of hydrogen-bond donors (Lipinski definition) is 1. The maximum atomic E-state index is 12.2. The average molecular weight is 340 g/mol. The molecule has 1 aromatic carbocycles. The summed E-state index contributed by atoms with van der Waals surface area (Å²) >= 11 is 0. The molecule has 0 fully saturated rings. The number of para-hydroxylation sites is 2. The lowest BCUT2D eigenvalue weighted by molar-refractivity contribution is 0.0488. The zero-order chi connectivity index (χ0) is 17.4. The first kappa shape index (κ1) is 15.4. The number of esters is 1. The van der Waals surface area contributed by atoms with Gasteiger partial charge in [0.25, 0.3) is 5.56 Å². The number of aryl methyl sites for hydroxylation is 2. The van der Waals surface area contributed by atoms with E-state index in [1.165, 1.54) is 4.57 Å². The molecule has 0 bridgehead atoms. The number of benzene rings is 1. The summed E-state index contributed by atoms with van der Waals surface area (Å²) < 4.78 is 11.7. The van der Waals surface area contributed by atoms with Crippen LogP contribution in [0.2, 0.25) is 0 Å². The standard InChI is InChI=1S/C18H16N2O5/c21-16-12(10-11-4-3-5-13(11)19-16)17(22)24-9-8-20-14-6-1-2-7-15(14)25-18(20)23/h1-2,6-7,10H,3-5,8-9H2,(H,19,21). The molecule has 4 rings (SSSR count). The number of carbonyl (C=O) groups is 1. The van der Waals surface area contributed by atoms with E-state index < -0.39 is 17.3 Å². The van der Waals surface area contributed by atoms with Crippen LogP contribution in [-0.2, 0) is 24.1 Å². The number of nitrogens with zero attached hydrogens (tertiary/aromatic N) is 1. The van der Waals surface area contributed by atoms with Crippen LogP contribution in [0.1, 0.15) is 28.0 Å². The van der Waals surface area contributed by atoms with Crippen molar-refractivity contribution in [3.63, 3.8) is 0 Å². The molecule has 0 atom stereocenters. The number of pyridine rings is 1. The summed E-state index contributed by atoms with van der Waals surface area (Å²) in [6.07, 6.45) is 2.65. The molecule has 2 heterocycles. The lowest BCUT2D eigenvalue weighted by Gasteiger charge is -2.06. The van der Waals surface area contributed by atoms with Gasteiger partial charge >= 0.3 is 11.7 Å². The number of H-pyrrole nitrogens is 1. The Labute approximate surface area is 141 Å². The molecule has 25 heavy (non-hydrogen) atoms. The third kappa shape index (κ3) is 2.77. The summed E-state index contributed by atoms with van der Waals surface area (Å²) in [6.45, 7) is 0.128. The Morgan fingerprint density at radius 2 is 2.08 bits per heavy atom. The van der Waals surface area contributed by atoms with Crippen molar-refractivity contribution in [3.05, 3.63) is 68.1 Å². The van der Waals surface area contributed by atoms with Crippen molar-refractivity contribution in [2.24, 2.45) is 0 Å². The predicted octanol–water partition coefficient (Wildman–Crippen LogP) is 1.63. The van der Waals surface area contributed by atoms with Crippen molar-refractivity contribution < 1.29 is 13.9 Å². The highest BCUT2D eigenvalue weighted by Crippen LogP contribution is 2.19. The molecule has 3 aromatic rings. The van der Waals surface area contributed by atoms with E-state index >= 15 is 0 Å². The number of hydrogen-bond acceptors (Lipinski definition) is 5. The third-order valence-corrected chi connectivity index (χ3v) is 4.43. The normalized spacial score (nSPS) is 13.1. The molecular formula is C18H16N2O5.